The van der Waals surface area contributed by atoms with Crippen molar-refractivity contribution in [2.75, 3.05) is 13.2 Å². The molecule has 0 bridgehead atoms. The van der Waals surface area contributed by atoms with Crippen LogP contribution in [0.25, 0.3) is 0 Å². The van der Waals surface area contributed by atoms with Gasteiger partial charge in [-0.3, -0.25) is 4.79 Å². The Kier molecular flexibility index (Phi) is 8.65. The third-order valence-electron chi connectivity index (χ3n) is 2.92. The molecule has 0 saturated heterocycles. The zero-order valence-electron chi connectivity index (χ0n) is 13.3. The quantitative estimate of drug-likeness (QED) is 0.658. The van der Waals surface area contributed by atoms with Crippen LogP contribution < -0.4 is 0 Å². The summed E-state index contributed by atoms with van der Waals surface area (Å²) < 4.78 is 10.8. The van der Waals surface area contributed by atoms with Crippen molar-refractivity contribution < 1.29 is 24.2 Å². The number of aliphatic hydroxyl groups is 1. The number of carbonyl (C=O) groups is 2. The number of ketones is 1. The van der Waals surface area contributed by atoms with Gasteiger partial charge < -0.3 is 19.4 Å². The van der Waals surface area contributed by atoms with E-state index in [2.05, 4.69) is 0 Å². The molecule has 0 aromatic rings. The molecule has 0 heterocycles. The molecule has 5 heteroatoms. The molecule has 0 saturated carbocycles. The van der Waals surface area contributed by atoms with E-state index in [-0.39, 0.29) is 49.0 Å². The monoisotopic (exact) mass is 288 g/mol. The van der Waals surface area contributed by atoms with Crippen molar-refractivity contribution >= 4 is 11.8 Å². The first kappa shape index (κ1) is 19.1. The van der Waals surface area contributed by atoms with Gasteiger partial charge in [0, 0.05) is 12.8 Å². The lowest BCUT2D eigenvalue weighted by molar-refractivity contribution is -0.152. The van der Waals surface area contributed by atoms with Gasteiger partial charge in [0.2, 0.25) is 0 Å². The first-order chi connectivity index (χ1) is 9.16. The molecule has 1 N–H and O–H groups in total. The lowest BCUT2D eigenvalue weighted by Gasteiger charge is -2.31. The molecule has 0 spiro atoms. The molecule has 2 unspecified atom stereocenters. The Morgan fingerprint density at radius 3 is 2.25 bits per heavy atom. The molecule has 20 heavy (non-hydrogen) atoms. The van der Waals surface area contributed by atoms with E-state index in [1.54, 1.807) is 6.92 Å². The van der Waals surface area contributed by atoms with Crippen LogP contribution in [0.15, 0.2) is 0 Å². The number of hydrogen-bond donors (Lipinski definition) is 1. The molecular formula is C15H28O5. The van der Waals surface area contributed by atoms with E-state index in [4.69, 9.17) is 9.47 Å². The smallest absolute Gasteiger partial charge is 0.305 e. The third kappa shape index (κ3) is 9.04. The summed E-state index contributed by atoms with van der Waals surface area (Å²) in [5, 5.41) is 9.29. The molecule has 0 rings (SSSR count). The number of rotatable bonds is 9. The van der Waals surface area contributed by atoms with Crippen molar-refractivity contribution in [1.29, 1.82) is 0 Å². The molecular weight excluding hydrogens is 260 g/mol. The number of hydrogen-bond acceptors (Lipinski definition) is 5. The maximum Gasteiger partial charge on any atom is 0.305 e. The maximum atomic E-state index is 11.4. The Labute approximate surface area is 121 Å². The highest BCUT2D eigenvalue weighted by molar-refractivity contribution is 5.76. The Morgan fingerprint density at radius 1 is 1.20 bits per heavy atom. The average Bonchev–Trinajstić information content (AvgIpc) is 2.31. The fourth-order valence-electron chi connectivity index (χ4n) is 1.60. The molecule has 2 atom stereocenters. The van der Waals surface area contributed by atoms with Crippen molar-refractivity contribution in [3.8, 4) is 0 Å². The van der Waals surface area contributed by atoms with Crippen LogP contribution in [0.5, 0.6) is 0 Å². The van der Waals surface area contributed by atoms with Gasteiger partial charge >= 0.3 is 5.97 Å². The van der Waals surface area contributed by atoms with Gasteiger partial charge in [0.05, 0.1) is 18.8 Å². The summed E-state index contributed by atoms with van der Waals surface area (Å²) in [7, 11) is 0. The Balaban J connectivity index is 3.94. The van der Waals surface area contributed by atoms with Crippen LogP contribution in [0.1, 0.15) is 53.9 Å². The second-order valence-electron chi connectivity index (χ2n) is 6.22. The minimum absolute atomic E-state index is 0.0690. The van der Waals surface area contributed by atoms with E-state index >= 15 is 0 Å². The molecule has 0 aliphatic carbocycles. The fraction of sp³-hybridized carbons (Fsp3) is 0.867. The largest absolute Gasteiger partial charge is 0.463 e. The van der Waals surface area contributed by atoms with Gasteiger partial charge in [0.1, 0.15) is 12.4 Å². The summed E-state index contributed by atoms with van der Waals surface area (Å²) in [5.41, 5.74) is -0.172. The van der Waals surface area contributed by atoms with Crippen LogP contribution in [0.3, 0.4) is 0 Å². The predicted molar refractivity (Wildman–Crippen MR) is 76.4 cm³/mol. The van der Waals surface area contributed by atoms with Crippen LogP contribution in [-0.2, 0) is 19.1 Å². The first-order valence-electron chi connectivity index (χ1n) is 7.08. The van der Waals surface area contributed by atoms with Crippen molar-refractivity contribution in [1.82, 2.24) is 0 Å². The average molecular weight is 288 g/mol. The van der Waals surface area contributed by atoms with Crippen LogP contribution >= 0.6 is 0 Å². The van der Waals surface area contributed by atoms with E-state index in [0.29, 0.717) is 12.8 Å². The van der Waals surface area contributed by atoms with Crippen LogP contribution in [-0.4, -0.2) is 42.3 Å². The van der Waals surface area contributed by atoms with Crippen LogP contribution in [0.4, 0.5) is 0 Å². The topological polar surface area (TPSA) is 72.8 Å². The molecule has 0 aromatic heterocycles. The highest BCUT2D eigenvalue weighted by Crippen LogP contribution is 2.23. The van der Waals surface area contributed by atoms with Gasteiger partial charge in [-0.25, -0.2) is 0 Å². The Hall–Kier alpha value is -0.940. The molecule has 0 aliphatic heterocycles. The minimum atomic E-state index is -0.321. The normalized spacial score (nSPS) is 14.7. The van der Waals surface area contributed by atoms with Gasteiger partial charge in [-0.15, -0.1) is 0 Å². The van der Waals surface area contributed by atoms with E-state index in [9.17, 15) is 14.7 Å². The summed E-state index contributed by atoms with van der Waals surface area (Å²) >= 11 is 0. The van der Waals surface area contributed by atoms with Crippen molar-refractivity contribution in [3.05, 3.63) is 0 Å². The number of Topliss-reactive ketones (excluding diaryl/α,β-unsaturated/α-hetero) is 1. The Bertz CT molecular complexity index is 306. The zero-order chi connectivity index (χ0) is 15.8. The number of aliphatic hydroxyl groups excluding tert-OH is 1. The lowest BCUT2D eigenvalue weighted by atomic mass is 9.89. The van der Waals surface area contributed by atoms with E-state index < -0.39 is 0 Å². The minimum Gasteiger partial charge on any atom is -0.463 e. The van der Waals surface area contributed by atoms with Crippen LogP contribution in [0, 0.1) is 5.41 Å². The molecule has 0 amide bonds. The predicted octanol–water partition coefficient (Wildman–Crippen LogP) is 2.10. The van der Waals surface area contributed by atoms with Gasteiger partial charge in [0.25, 0.3) is 0 Å². The summed E-state index contributed by atoms with van der Waals surface area (Å²) in [5.74, 6) is -0.247. The van der Waals surface area contributed by atoms with Crippen molar-refractivity contribution in [3.63, 3.8) is 0 Å². The third-order valence-corrected chi connectivity index (χ3v) is 2.92. The second kappa shape index (κ2) is 9.08. The van der Waals surface area contributed by atoms with Gasteiger partial charge in [0.15, 0.2) is 0 Å². The first-order valence-corrected chi connectivity index (χ1v) is 7.08. The molecule has 0 aromatic carbocycles. The highest BCUT2D eigenvalue weighted by Gasteiger charge is 2.26. The van der Waals surface area contributed by atoms with Gasteiger partial charge in [-0.2, -0.15) is 0 Å². The number of carbonyl (C=O) groups excluding carboxylic acids is 2. The summed E-state index contributed by atoms with van der Waals surface area (Å²) in [4.78, 5) is 22.2. The van der Waals surface area contributed by atoms with Crippen LogP contribution in [0.2, 0.25) is 0 Å². The van der Waals surface area contributed by atoms with E-state index in [0.717, 1.165) is 0 Å². The maximum absolute atomic E-state index is 11.4. The highest BCUT2D eigenvalue weighted by atomic mass is 16.6. The Morgan fingerprint density at radius 2 is 1.80 bits per heavy atom. The summed E-state index contributed by atoms with van der Waals surface area (Å²) in [6.45, 7) is 9.34. The number of ether oxygens (including phenoxy) is 2. The standard InChI is InChI=1S/C15H28O5/c1-11(17)7-6-8-14(18)19-10-12(2)20-13(9-16)15(3,4)5/h12-13,16H,6-10H2,1-5H3. The molecule has 0 fully saturated rings. The SMILES string of the molecule is CC(=O)CCCC(=O)OCC(C)OC(CO)C(C)(C)C. The summed E-state index contributed by atoms with van der Waals surface area (Å²) in [6.07, 6.45) is 0.592. The fourth-order valence-corrected chi connectivity index (χ4v) is 1.60. The van der Waals surface area contributed by atoms with Gasteiger partial charge in [-0.1, -0.05) is 20.8 Å². The lowest BCUT2D eigenvalue weighted by Crippen LogP contribution is -2.37. The second-order valence-corrected chi connectivity index (χ2v) is 6.22. The molecule has 0 radical (unpaired) electrons. The number of esters is 1. The molecule has 0 aliphatic rings. The van der Waals surface area contributed by atoms with E-state index in [1.165, 1.54) is 6.92 Å². The van der Waals surface area contributed by atoms with Crippen molar-refractivity contribution in [2.24, 2.45) is 5.41 Å². The zero-order valence-corrected chi connectivity index (χ0v) is 13.3. The van der Waals surface area contributed by atoms with Crippen molar-refractivity contribution in [2.45, 2.75) is 66.1 Å². The molecule has 118 valence electrons. The summed E-state index contributed by atoms with van der Waals surface area (Å²) in [6, 6.07) is 0. The molecule has 5 nitrogen and oxygen atoms in total. The van der Waals surface area contributed by atoms with Gasteiger partial charge in [-0.05, 0) is 25.7 Å². The van der Waals surface area contributed by atoms with E-state index in [1.807, 2.05) is 20.8 Å².